The van der Waals surface area contributed by atoms with E-state index in [1.807, 2.05) is 0 Å². The lowest BCUT2D eigenvalue weighted by atomic mass is 9.98. The van der Waals surface area contributed by atoms with E-state index in [2.05, 4.69) is 33.7 Å². The van der Waals surface area contributed by atoms with Crippen LogP contribution in [-0.4, -0.2) is 32.3 Å². The molecule has 0 spiro atoms. The molecule has 0 radical (unpaired) electrons. The monoisotopic (exact) mass is 613 g/mol. The second-order valence-electron chi connectivity index (χ2n) is 9.87. The van der Waals surface area contributed by atoms with Gasteiger partial charge in [-0.05, 0) is 24.3 Å². The van der Waals surface area contributed by atoms with Crippen LogP contribution in [0.3, 0.4) is 0 Å². The molecule has 15 heteroatoms. The minimum atomic E-state index is -5.15. The molecule has 1 N–H and O–H groups in total. The Hall–Kier alpha value is -4.27. The van der Waals surface area contributed by atoms with Crippen LogP contribution >= 0.6 is 0 Å². The highest BCUT2D eigenvalue weighted by Gasteiger charge is 2.61. The third-order valence-electron chi connectivity index (χ3n) is 6.50. The first-order valence-electron chi connectivity index (χ1n) is 13.0. The number of anilines is 1. The topological polar surface area (TPSA) is 116 Å². The van der Waals surface area contributed by atoms with Crippen molar-refractivity contribution in [1.29, 1.82) is 0 Å². The van der Waals surface area contributed by atoms with Gasteiger partial charge in [0.2, 0.25) is 11.3 Å². The number of nitro groups is 1. The van der Waals surface area contributed by atoms with E-state index >= 15 is 0 Å². The molecule has 0 aliphatic heterocycles. The van der Waals surface area contributed by atoms with Gasteiger partial charge in [-0.15, -0.1) is 23.4 Å². The number of halogens is 6. The third kappa shape index (κ3) is 7.58. The zero-order valence-corrected chi connectivity index (χ0v) is 23.2. The highest BCUT2D eigenvalue weighted by molar-refractivity contribution is 5.68. The van der Waals surface area contributed by atoms with Crippen molar-refractivity contribution in [2.24, 2.45) is 5.92 Å². The van der Waals surface area contributed by atoms with E-state index in [0.717, 1.165) is 6.08 Å². The first-order valence-corrected chi connectivity index (χ1v) is 13.0. The molecule has 1 unspecified atom stereocenters. The van der Waals surface area contributed by atoms with Gasteiger partial charge < -0.3 is 14.5 Å². The Kier molecular flexibility index (Phi) is 10.3. The number of benzene rings is 1. The molecule has 1 aromatic carbocycles. The number of alkyl halides is 6. The maximum atomic E-state index is 14.6. The second-order valence-corrected chi connectivity index (χ2v) is 9.87. The predicted molar refractivity (Wildman–Crippen MR) is 145 cm³/mol. The predicted octanol–water partition coefficient (Wildman–Crippen LogP) is 8.01. The van der Waals surface area contributed by atoms with Crippen molar-refractivity contribution in [3.63, 3.8) is 0 Å². The molecule has 0 amide bonds. The zero-order valence-electron chi connectivity index (χ0n) is 23.2. The van der Waals surface area contributed by atoms with Gasteiger partial charge >= 0.3 is 18.0 Å². The lowest BCUT2D eigenvalue weighted by Gasteiger charge is -2.31. The third-order valence-corrected chi connectivity index (χ3v) is 6.50. The van der Waals surface area contributed by atoms with Gasteiger partial charge in [0.25, 0.3) is 11.8 Å². The van der Waals surface area contributed by atoms with Crippen molar-refractivity contribution in [3.8, 4) is 11.6 Å². The molecule has 2 heterocycles. The Morgan fingerprint density at radius 1 is 1.09 bits per heavy atom. The normalized spacial score (nSPS) is 14.3. The Labute approximate surface area is 242 Å². The van der Waals surface area contributed by atoms with Crippen LogP contribution in [0.2, 0.25) is 0 Å². The fourth-order valence-corrected chi connectivity index (χ4v) is 4.16. The molecule has 3 aromatic rings. The quantitative estimate of drug-likeness (QED) is 0.0841. The standard InChI is InChI=1S/C28H29F6N5O4/c1-5-7-13-20(17(3)4)35-23-19(27(29,30)31)15-21(39(40)41)22(36-23)24-37-38-25(43-24)26(14-6-2,28(32,33)34)42-16-18-11-9-8-10-12-18/h5-6,8-12,15,17,20H,1-2,7,13-14,16H2,3-4H3,(H,35,36)/t20?,26-/m1/s1. The van der Waals surface area contributed by atoms with Crippen LogP contribution in [0.1, 0.15) is 50.1 Å². The second kappa shape index (κ2) is 13.4. The summed E-state index contributed by atoms with van der Waals surface area (Å²) in [5.74, 6) is -3.04. The number of pyridine rings is 1. The van der Waals surface area contributed by atoms with Crippen LogP contribution in [0.5, 0.6) is 0 Å². The van der Waals surface area contributed by atoms with E-state index < -0.39 is 76.5 Å². The number of ether oxygens (including phenoxy) is 1. The molecular formula is C28H29F6N5O4. The zero-order chi connectivity index (χ0) is 32.0. The average Bonchev–Trinajstić information content (AvgIpc) is 3.42. The number of nitrogens with zero attached hydrogens (tertiary/aromatic N) is 4. The van der Waals surface area contributed by atoms with Crippen molar-refractivity contribution in [1.82, 2.24) is 15.2 Å². The number of allylic oxidation sites excluding steroid dienone is 1. The maximum Gasteiger partial charge on any atom is 0.426 e. The average molecular weight is 614 g/mol. The fourth-order valence-electron chi connectivity index (χ4n) is 4.16. The number of aromatic nitrogens is 3. The van der Waals surface area contributed by atoms with E-state index in [1.165, 1.54) is 12.1 Å². The summed E-state index contributed by atoms with van der Waals surface area (Å²) in [7, 11) is 0. The molecule has 0 aliphatic rings. The van der Waals surface area contributed by atoms with E-state index in [1.54, 1.807) is 38.1 Å². The summed E-state index contributed by atoms with van der Waals surface area (Å²) in [4.78, 5) is 14.5. The SMILES string of the molecule is C=CCCC(Nc1nc(-c2nnc([C@@](CC=C)(OCc3ccccc3)C(F)(F)F)o2)c([N+](=O)[O-])cc1C(F)(F)F)C(C)C. The molecular weight excluding hydrogens is 584 g/mol. The number of nitrogens with one attached hydrogen (secondary N) is 1. The van der Waals surface area contributed by atoms with E-state index in [-0.39, 0.29) is 12.0 Å². The number of hydrogen-bond donors (Lipinski definition) is 1. The van der Waals surface area contributed by atoms with Crippen LogP contribution in [0.4, 0.5) is 37.8 Å². The Bertz CT molecular complexity index is 1430. The van der Waals surface area contributed by atoms with Gasteiger partial charge in [-0.25, -0.2) is 4.98 Å². The molecule has 9 nitrogen and oxygen atoms in total. The van der Waals surface area contributed by atoms with Gasteiger partial charge in [0.05, 0.1) is 11.5 Å². The van der Waals surface area contributed by atoms with Crippen molar-refractivity contribution in [2.45, 2.75) is 63.7 Å². The molecule has 0 bridgehead atoms. The van der Waals surface area contributed by atoms with Gasteiger partial charge in [-0.1, -0.05) is 56.3 Å². The summed E-state index contributed by atoms with van der Waals surface area (Å²) in [6.07, 6.45) is -7.83. The van der Waals surface area contributed by atoms with Crippen molar-refractivity contribution in [3.05, 3.63) is 88.8 Å². The van der Waals surface area contributed by atoms with Crippen molar-refractivity contribution >= 4 is 11.5 Å². The smallest absolute Gasteiger partial charge is 0.415 e. The van der Waals surface area contributed by atoms with Gasteiger partial charge in [-0.2, -0.15) is 26.3 Å². The van der Waals surface area contributed by atoms with E-state index in [9.17, 15) is 36.5 Å². The van der Waals surface area contributed by atoms with Crippen molar-refractivity contribution in [2.75, 3.05) is 5.32 Å². The Balaban J connectivity index is 2.19. The van der Waals surface area contributed by atoms with Crippen LogP contribution in [0, 0.1) is 16.0 Å². The molecule has 3 rings (SSSR count). The summed E-state index contributed by atoms with van der Waals surface area (Å²) < 4.78 is 96.4. The van der Waals surface area contributed by atoms with Gasteiger partial charge in [0.15, 0.2) is 0 Å². The number of rotatable bonds is 14. The molecule has 2 atom stereocenters. The van der Waals surface area contributed by atoms with Crippen LogP contribution in [0.15, 0.2) is 66.1 Å². The first kappa shape index (κ1) is 33.2. The van der Waals surface area contributed by atoms with E-state index in [0.29, 0.717) is 18.4 Å². The highest BCUT2D eigenvalue weighted by atomic mass is 19.4. The minimum absolute atomic E-state index is 0.204. The van der Waals surface area contributed by atoms with E-state index in [4.69, 9.17) is 9.15 Å². The molecule has 0 aliphatic carbocycles. The summed E-state index contributed by atoms with van der Waals surface area (Å²) >= 11 is 0. The maximum absolute atomic E-state index is 14.6. The molecule has 232 valence electrons. The minimum Gasteiger partial charge on any atom is -0.415 e. The Morgan fingerprint density at radius 2 is 1.77 bits per heavy atom. The summed E-state index contributed by atoms with van der Waals surface area (Å²) in [6.45, 7) is 9.91. The Morgan fingerprint density at radius 3 is 2.30 bits per heavy atom. The van der Waals surface area contributed by atoms with Gasteiger partial charge in [0.1, 0.15) is 11.4 Å². The summed E-state index contributed by atoms with van der Waals surface area (Å²) in [6, 6.07) is 7.55. The molecule has 0 saturated carbocycles. The summed E-state index contributed by atoms with van der Waals surface area (Å²) in [5.41, 5.74) is -6.36. The number of hydrogen-bond acceptors (Lipinski definition) is 8. The van der Waals surface area contributed by atoms with Crippen LogP contribution in [0.25, 0.3) is 11.6 Å². The summed E-state index contributed by atoms with van der Waals surface area (Å²) in [5, 5.41) is 21.5. The lowest BCUT2D eigenvalue weighted by Crippen LogP contribution is -2.45. The molecule has 0 saturated heterocycles. The van der Waals surface area contributed by atoms with Gasteiger partial charge in [-0.3, -0.25) is 10.1 Å². The molecule has 2 aromatic heterocycles. The fraction of sp³-hybridized carbons (Fsp3) is 0.393. The highest BCUT2D eigenvalue weighted by Crippen LogP contribution is 2.47. The largest absolute Gasteiger partial charge is 0.426 e. The molecule has 43 heavy (non-hydrogen) atoms. The van der Waals surface area contributed by atoms with Crippen molar-refractivity contribution < 1.29 is 40.4 Å². The lowest BCUT2D eigenvalue weighted by molar-refractivity contribution is -0.384. The van der Waals surface area contributed by atoms with Crippen LogP contribution in [-0.2, 0) is 23.1 Å². The molecule has 0 fully saturated rings. The van der Waals surface area contributed by atoms with Gasteiger partial charge in [0, 0.05) is 18.5 Å². The first-order chi connectivity index (χ1) is 20.1. The van der Waals surface area contributed by atoms with Crippen LogP contribution < -0.4 is 5.32 Å².